The summed E-state index contributed by atoms with van der Waals surface area (Å²) < 4.78 is 0. The van der Waals surface area contributed by atoms with Gasteiger partial charge in [-0.3, -0.25) is 9.88 Å². The molecule has 19 heavy (non-hydrogen) atoms. The highest BCUT2D eigenvalue weighted by atomic mass is 15.2. The first kappa shape index (κ1) is 14.5. The Morgan fingerprint density at radius 3 is 2.84 bits per heavy atom. The average Bonchev–Trinajstić information content (AvgIpc) is 2.67. The van der Waals surface area contributed by atoms with Crippen molar-refractivity contribution in [3.63, 3.8) is 0 Å². The molecule has 1 aromatic heterocycles. The second-order valence-corrected chi connectivity index (χ2v) is 6.37. The lowest BCUT2D eigenvalue weighted by Gasteiger charge is -2.35. The van der Waals surface area contributed by atoms with Gasteiger partial charge < -0.3 is 5.32 Å². The first-order valence-electron chi connectivity index (χ1n) is 7.38. The van der Waals surface area contributed by atoms with Gasteiger partial charge in [-0.05, 0) is 44.0 Å². The van der Waals surface area contributed by atoms with E-state index in [0.29, 0.717) is 17.5 Å². The molecule has 1 N–H and O–H groups in total. The minimum Gasteiger partial charge on any atom is -0.312 e. The number of nitrogens with one attached hydrogen (secondary N) is 1. The van der Waals surface area contributed by atoms with E-state index in [1.165, 1.54) is 12.8 Å². The lowest BCUT2D eigenvalue weighted by atomic mass is 9.86. The molecular formula is C16H27N3. The van der Waals surface area contributed by atoms with Crippen LogP contribution in [0.2, 0.25) is 0 Å². The van der Waals surface area contributed by atoms with E-state index >= 15 is 0 Å². The molecule has 0 amide bonds. The van der Waals surface area contributed by atoms with Gasteiger partial charge in [0.2, 0.25) is 0 Å². The first-order chi connectivity index (χ1) is 9.04. The highest BCUT2D eigenvalue weighted by molar-refractivity contribution is 5.06. The fourth-order valence-corrected chi connectivity index (χ4v) is 3.33. The number of aromatic nitrogens is 1. The fourth-order valence-electron chi connectivity index (χ4n) is 3.33. The summed E-state index contributed by atoms with van der Waals surface area (Å²) in [4.78, 5) is 6.90. The monoisotopic (exact) mass is 261 g/mol. The molecule has 1 heterocycles. The Kier molecular flexibility index (Phi) is 4.58. The van der Waals surface area contributed by atoms with Crippen LogP contribution in [0.3, 0.4) is 0 Å². The van der Waals surface area contributed by atoms with Gasteiger partial charge in [0.25, 0.3) is 0 Å². The predicted molar refractivity (Wildman–Crippen MR) is 80.0 cm³/mol. The van der Waals surface area contributed by atoms with Gasteiger partial charge in [0.1, 0.15) is 0 Å². The summed E-state index contributed by atoms with van der Waals surface area (Å²) in [5.41, 5.74) is 1.55. The van der Waals surface area contributed by atoms with Crippen molar-refractivity contribution in [2.75, 3.05) is 13.6 Å². The quantitative estimate of drug-likeness (QED) is 0.883. The SMILES string of the molecule is CCNC1C(N(C)Cc2ccccn2)CCC1(C)C. The summed E-state index contributed by atoms with van der Waals surface area (Å²) in [6.07, 6.45) is 4.44. The van der Waals surface area contributed by atoms with Crippen LogP contribution in [0.5, 0.6) is 0 Å². The zero-order valence-corrected chi connectivity index (χ0v) is 12.7. The zero-order valence-electron chi connectivity index (χ0n) is 12.7. The van der Waals surface area contributed by atoms with E-state index in [0.717, 1.165) is 18.8 Å². The summed E-state index contributed by atoms with van der Waals surface area (Å²) >= 11 is 0. The topological polar surface area (TPSA) is 28.2 Å². The number of rotatable bonds is 5. The molecule has 0 spiro atoms. The van der Waals surface area contributed by atoms with Gasteiger partial charge in [0.15, 0.2) is 0 Å². The van der Waals surface area contributed by atoms with E-state index in [-0.39, 0.29) is 0 Å². The molecule has 1 saturated carbocycles. The second kappa shape index (κ2) is 6.02. The van der Waals surface area contributed by atoms with E-state index in [1.54, 1.807) is 0 Å². The number of nitrogens with zero attached hydrogens (tertiary/aromatic N) is 2. The maximum atomic E-state index is 4.44. The highest BCUT2D eigenvalue weighted by Crippen LogP contribution is 2.39. The molecule has 1 aliphatic rings. The molecule has 0 saturated heterocycles. The predicted octanol–water partition coefficient (Wildman–Crippen LogP) is 2.68. The van der Waals surface area contributed by atoms with Crippen LogP contribution in [-0.4, -0.2) is 35.6 Å². The van der Waals surface area contributed by atoms with Gasteiger partial charge in [-0.15, -0.1) is 0 Å². The number of likely N-dealkylation sites (N-methyl/N-ethyl adjacent to an activating group) is 2. The molecule has 1 aliphatic carbocycles. The third-order valence-electron chi connectivity index (χ3n) is 4.44. The van der Waals surface area contributed by atoms with E-state index in [1.807, 2.05) is 12.3 Å². The molecule has 2 rings (SSSR count). The molecular weight excluding hydrogens is 234 g/mol. The summed E-state index contributed by atoms with van der Waals surface area (Å²) in [5, 5.41) is 3.69. The summed E-state index contributed by atoms with van der Waals surface area (Å²) in [6.45, 7) is 8.94. The minimum atomic E-state index is 0.388. The first-order valence-corrected chi connectivity index (χ1v) is 7.38. The van der Waals surface area contributed by atoms with Crippen molar-refractivity contribution in [3.8, 4) is 0 Å². The lowest BCUT2D eigenvalue weighted by molar-refractivity contribution is 0.165. The van der Waals surface area contributed by atoms with Crippen molar-refractivity contribution in [1.29, 1.82) is 0 Å². The third-order valence-corrected chi connectivity index (χ3v) is 4.44. The number of hydrogen-bond acceptors (Lipinski definition) is 3. The average molecular weight is 261 g/mol. The van der Waals surface area contributed by atoms with E-state index in [2.05, 4.69) is 55.2 Å². The van der Waals surface area contributed by atoms with Crippen LogP contribution in [0.1, 0.15) is 39.3 Å². The van der Waals surface area contributed by atoms with Gasteiger partial charge in [-0.1, -0.05) is 26.8 Å². The van der Waals surface area contributed by atoms with Gasteiger partial charge in [0, 0.05) is 24.8 Å². The van der Waals surface area contributed by atoms with Gasteiger partial charge in [-0.2, -0.15) is 0 Å². The summed E-state index contributed by atoms with van der Waals surface area (Å²) in [6, 6.07) is 7.34. The van der Waals surface area contributed by atoms with Crippen LogP contribution in [0.25, 0.3) is 0 Å². The maximum absolute atomic E-state index is 4.44. The van der Waals surface area contributed by atoms with Crippen LogP contribution in [0.15, 0.2) is 24.4 Å². The molecule has 0 aliphatic heterocycles. The molecule has 3 nitrogen and oxygen atoms in total. The van der Waals surface area contributed by atoms with E-state index in [9.17, 15) is 0 Å². The molecule has 0 radical (unpaired) electrons. The van der Waals surface area contributed by atoms with Crippen molar-refractivity contribution in [1.82, 2.24) is 15.2 Å². The maximum Gasteiger partial charge on any atom is 0.0543 e. The Hall–Kier alpha value is -0.930. The largest absolute Gasteiger partial charge is 0.312 e. The molecule has 106 valence electrons. The van der Waals surface area contributed by atoms with Crippen LogP contribution in [0, 0.1) is 5.41 Å². The number of hydrogen-bond donors (Lipinski definition) is 1. The smallest absolute Gasteiger partial charge is 0.0543 e. The van der Waals surface area contributed by atoms with Crippen molar-refractivity contribution >= 4 is 0 Å². The van der Waals surface area contributed by atoms with Crippen molar-refractivity contribution < 1.29 is 0 Å². The van der Waals surface area contributed by atoms with Crippen molar-refractivity contribution in [2.45, 2.75) is 52.2 Å². The Labute approximate surface area is 117 Å². The van der Waals surface area contributed by atoms with Gasteiger partial charge in [-0.25, -0.2) is 0 Å². The van der Waals surface area contributed by atoms with E-state index < -0.39 is 0 Å². The summed E-state index contributed by atoms with van der Waals surface area (Å²) in [7, 11) is 2.23. The highest BCUT2D eigenvalue weighted by Gasteiger charge is 2.42. The van der Waals surface area contributed by atoms with Crippen molar-refractivity contribution in [2.24, 2.45) is 5.41 Å². The van der Waals surface area contributed by atoms with Crippen LogP contribution >= 0.6 is 0 Å². The molecule has 0 bridgehead atoms. The normalized spacial score (nSPS) is 25.9. The standard InChI is InChI=1S/C16H27N3/c1-5-17-15-14(9-10-16(15,2)3)19(4)12-13-8-6-7-11-18-13/h6-8,11,14-15,17H,5,9-10,12H2,1-4H3. The van der Waals surface area contributed by atoms with Crippen molar-refractivity contribution in [3.05, 3.63) is 30.1 Å². The Balaban J connectivity index is 2.04. The van der Waals surface area contributed by atoms with Crippen LogP contribution < -0.4 is 5.32 Å². The molecule has 0 aromatic carbocycles. The fraction of sp³-hybridized carbons (Fsp3) is 0.688. The van der Waals surface area contributed by atoms with Crippen LogP contribution in [0.4, 0.5) is 0 Å². The zero-order chi connectivity index (χ0) is 13.9. The van der Waals surface area contributed by atoms with Crippen LogP contribution in [-0.2, 0) is 6.54 Å². The molecule has 3 heteroatoms. The second-order valence-electron chi connectivity index (χ2n) is 6.37. The Morgan fingerprint density at radius 1 is 1.42 bits per heavy atom. The van der Waals surface area contributed by atoms with Gasteiger partial charge >= 0.3 is 0 Å². The number of pyridine rings is 1. The molecule has 2 unspecified atom stereocenters. The molecule has 1 fully saturated rings. The molecule has 1 aromatic rings. The Bertz CT molecular complexity index is 388. The van der Waals surface area contributed by atoms with Gasteiger partial charge in [0.05, 0.1) is 5.69 Å². The molecule has 2 atom stereocenters. The summed E-state index contributed by atoms with van der Waals surface area (Å²) in [5.74, 6) is 0. The Morgan fingerprint density at radius 2 is 2.21 bits per heavy atom. The third kappa shape index (κ3) is 3.34. The minimum absolute atomic E-state index is 0.388. The van der Waals surface area contributed by atoms with E-state index in [4.69, 9.17) is 0 Å². The lowest BCUT2D eigenvalue weighted by Crippen LogP contribution is -2.50.